The van der Waals surface area contributed by atoms with Gasteiger partial charge < -0.3 is 5.73 Å². The smallest absolute Gasteiger partial charge is 0.227 e. The Labute approximate surface area is 167 Å². The number of benzene rings is 2. The first-order valence-corrected chi connectivity index (χ1v) is 9.85. The van der Waals surface area contributed by atoms with Gasteiger partial charge in [0.15, 0.2) is 11.0 Å². The second-order valence-electron chi connectivity index (χ2n) is 7.20. The molecule has 27 heavy (non-hydrogen) atoms. The second kappa shape index (κ2) is 7.74. The van der Waals surface area contributed by atoms with Crippen LogP contribution in [0.2, 0.25) is 5.02 Å². The molecule has 7 heteroatoms. The zero-order valence-electron chi connectivity index (χ0n) is 15.4. The Kier molecular flexibility index (Phi) is 5.58. The molecular weight excluding hydrogens is 380 g/mol. The molecule has 0 bridgehead atoms. The van der Waals surface area contributed by atoms with Crippen molar-refractivity contribution in [3.63, 3.8) is 0 Å². The highest BCUT2D eigenvalue weighted by molar-refractivity contribution is 7.99. The summed E-state index contributed by atoms with van der Waals surface area (Å²) in [7, 11) is 0. The van der Waals surface area contributed by atoms with Gasteiger partial charge >= 0.3 is 0 Å². The van der Waals surface area contributed by atoms with E-state index in [0.29, 0.717) is 16.0 Å². The minimum absolute atomic E-state index is 0.0711. The Bertz CT molecular complexity index is 961. The lowest BCUT2D eigenvalue weighted by Crippen LogP contribution is -2.13. The first-order valence-electron chi connectivity index (χ1n) is 8.49. The lowest BCUT2D eigenvalue weighted by Gasteiger charge is -2.19. The SMILES string of the molecule is CC(C)(C)c1ccc(-c2nnc(SCC(N)=O)n2-c2cccc(Cl)c2)cc1. The van der Waals surface area contributed by atoms with Crippen molar-refractivity contribution in [3.8, 4) is 17.1 Å². The molecule has 0 unspecified atom stereocenters. The van der Waals surface area contributed by atoms with Crippen LogP contribution in [0.4, 0.5) is 0 Å². The van der Waals surface area contributed by atoms with Crippen molar-refractivity contribution >= 4 is 29.3 Å². The van der Waals surface area contributed by atoms with E-state index in [-0.39, 0.29) is 11.2 Å². The van der Waals surface area contributed by atoms with E-state index in [2.05, 4.69) is 43.1 Å². The van der Waals surface area contributed by atoms with Gasteiger partial charge in [0, 0.05) is 10.6 Å². The van der Waals surface area contributed by atoms with E-state index in [9.17, 15) is 4.79 Å². The number of hydrogen-bond acceptors (Lipinski definition) is 4. The molecule has 2 N–H and O–H groups in total. The normalized spacial score (nSPS) is 11.6. The number of halogens is 1. The van der Waals surface area contributed by atoms with Gasteiger partial charge in [0.1, 0.15) is 0 Å². The van der Waals surface area contributed by atoms with Crippen LogP contribution >= 0.6 is 23.4 Å². The molecule has 0 atom stereocenters. The van der Waals surface area contributed by atoms with Gasteiger partial charge in [-0.25, -0.2) is 0 Å². The molecule has 0 aliphatic rings. The summed E-state index contributed by atoms with van der Waals surface area (Å²) in [6, 6.07) is 15.7. The third kappa shape index (κ3) is 4.51. The first kappa shape index (κ1) is 19.5. The average molecular weight is 401 g/mol. The second-order valence-corrected chi connectivity index (χ2v) is 8.58. The van der Waals surface area contributed by atoms with Crippen LogP contribution in [0.1, 0.15) is 26.3 Å². The van der Waals surface area contributed by atoms with E-state index >= 15 is 0 Å². The van der Waals surface area contributed by atoms with Crippen LogP contribution in [-0.2, 0) is 10.2 Å². The van der Waals surface area contributed by atoms with E-state index in [4.69, 9.17) is 17.3 Å². The third-order valence-electron chi connectivity index (χ3n) is 4.05. The van der Waals surface area contributed by atoms with E-state index in [1.165, 1.54) is 17.3 Å². The molecule has 3 rings (SSSR count). The minimum Gasteiger partial charge on any atom is -0.369 e. The molecular formula is C20H21ClN4OS. The van der Waals surface area contributed by atoms with Crippen LogP contribution in [-0.4, -0.2) is 26.4 Å². The van der Waals surface area contributed by atoms with Crippen LogP contribution in [0.15, 0.2) is 53.7 Å². The molecule has 0 spiro atoms. The number of thioether (sulfide) groups is 1. The summed E-state index contributed by atoms with van der Waals surface area (Å²) in [5.41, 5.74) is 8.36. The Morgan fingerprint density at radius 2 is 1.85 bits per heavy atom. The van der Waals surface area contributed by atoms with Crippen molar-refractivity contribution in [2.24, 2.45) is 5.73 Å². The molecule has 2 aromatic carbocycles. The van der Waals surface area contributed by atoms with Gasteiger partial charge in [-0.1, -0.05) is 74.5 Å². The molecule has 0 aliphatic heterocycles. The highest BCUT2D eigenvalue weighted by atomic mass is 35.5. The molecule has 1 heterocycles. The summed E-state index contributed by atoms with van der Waals surface area (Å²) in [4.78, 5) is 11.2. The molecule has 5 nitrogen and oxygen atoms in total. The van der Waals surface area contributed by atoms with Gasteiger partial charge in [-0.3, -0.25) is 9.36 Å². The quantitative estimate of drug-likeness (QED) is 0.641. The van der Waals surface area contributed by atoms with Crippen molar-refractivity contribution < 1.29 is 4.79 Å². The largest absolute Gasteiger partial charge is 0.369 e. The Morgan fingerprint density at radius 3 is 2.44 bits per heavy atom. The van der Waals surface area contributed by atoms with Crippen LogP contribution < -0.4 is 5.73 Å². The molecule has 1 aromatic heterocycles. The fourth-order valence-electron chi connectivity index (χ4n) is 2.65. The number of primary amides is 1. The molecule has 1 amide bonds. The zero-order chi connectivity index (χ0) is 19.6. The Balaban J connectivity index is 2.08. The number of amides is 1. The minimum atomic E-state index is -0.406. The van der Waals surface area contributed by atoms with Gasteiger partial charge in [0.2, 0.25) is 5.91 Å². The highest BCUT2D eigenvalue weighted by Crippen LogP contribution is 2.30. The number of aromatic nitrogens is 3. The molecule has 3 aromatic rings. The summed E-state index contributed by atoms with van der Waals surface area (Å²) in [6.07, 6.45) is 0. The van der Waals surface area contributed by atoms with Crippen molar-refractivity contribution in [2.45, 2.75) is 31.3 Å². The highest BCUT2D eigenvalue weighted by Gasteiger charge is 2.18. The lowest BCUT2D eigenvalue weighted by atomic mass is 9.87. The van der Waals surface area contributed by atoms with Gasteiger partial charge in [0.25, 0.3) is 0 Å². The predicted molar refractivity (Wildman–Crippen MR) is 110 cm³/mol. The van der Waals surface area contributed by atoms with Crippen molar-refractivity contribution in [1.82, 2.24) is 14.8 Å². The van der Waals surface area contributed by atoms with E-state index in [1.807, 2.05) is 41.0 Å². The molecule has 0 fully saturated rings. The summed E-state index contributed by atoms with van der Waals surface area (Å²) < 4.78 is 1.89. The maximum atomic E-state index is 11.2. The van der Waals surface area contributed by atoms with Crippen LogP contribution in [0.5, 0.6) is 0 Å². The van der Waals surface area contributed by atoms with E-state index < -0.39 is 5.91 Å². The van der Waals surface area contributed by atoms with Gasteiger partial charge in [-0.2, -0.15) is 0 Å². The van der Waals surface area contributed by atoms with Gasteiger partial charge in [-0.05, 0) is 29.2 Å². The summed E-state index contributed by atoms with van der Waals surface area (Å²) in [5, 5.41) is 9.83. The fraction of sp³-hybridized carbons (Fsp3) is 0.250. The topological polar surface area (TPSA) is 73.8 Å². The number of carbonyl (C=O) groups excluding carboxylic acids is 1. The maximum absolute atomic E-state index is 11.2. The maximum Gasteiger partial charge on any atom is 0.227 e. The molecule has 0 saturated heterocycles. The number of rotatable bonds is 5. The monoisotopic (exact) mass is 400 g/mol. The molecule has 0 radical (unpaired) electrons. The van der Waals surface area contributed by atoms with Gasteiger partial charge in [-0.15, -0.1) is 10.2 Å². The standard InChI is InChI=1S/C20H21ClN4OS/c1-20(2,3)14-9-7-13(8-10-14)18-23-24-19(27-12-17(22)26)25(18)16-6-4-5-15(21)11-16/h4-11H,12H2,1-3H3,(H2,22,26). The number of carbonyl (C=O) groups is 1. The third-order valence-corrected chi connectivity index (χ3v) is 5.24. The first-order chi connectivity index (χ1) is 12.8. The van der Waals surface area contributed by atoms with Crippen LogP contribution in [0.3, 0.4) is 0 Å². The van der Waals surface area contributed by atoms with Crippen molar-refractivity contribution in [1.29, 1.82) is 0 Å². The fourth-order valence-corrected chi connectivity index (χ4v) is 3.53. The summed E-state index contributed by atoms with van der Waals surface area (Å²) in [5.74, 6) is 0.406. The number of nitrogens with two attached hydrogens (primary N) is 1. The van der Waals surface area contributed by atoms with Gasteiger partial charge in [0.05, 0.1) is 11.4 Å². The van der Waals surface area contributed by atoms with Crippen molar-refractivity contribution in [3.05, 3.63) is 59.1 Å². The Morgan fingerprint density at radius 1 is 1.15 bits per heavy atom. The summed E-state index contributed by atoms with van der Waals surface area (Å²) >= 11 is 7.43. The van der Waals surface area contributed by atoms with E-state index in [1.54, 1.807) is 0 Å². The zero-order valence-corrected chi connectivity index (χ0v) is 17.0. The predicted octanol–water partition coefficient (Wildman–Crippen LogP) is 4.46. The van der Waals surface area contributed by atoms with Crippen LogP contribution in [0, 0.1) is 0 Å². The molecule has 0 aliphatic carbocycles. The molecule has 0 saturated carbocycles. The lowest BCUT2D eigenvalue weighted by molar-refractivity contribution is -0.115. The number of hydrogen-bond donors (Lipinski definition) is 1. The Hall–Kier alpha value is -2.31. The van der Waals surface area contributed by atoms with Crippen LogP contribution in [0.25, 0.3) is 17.1 Å². The molecule has 140 valence electrons. The number of nitrogens with zero attached hydrogens (tertiary/aromatic N) is 3. The van der Waals surface area contributed by atoms with Crippen molar-refractivity contribution in [2.75, 3.05) is 5.75 Å². The average Bonchev–Trinajstić information content (AvgIpc) is 3.03. The van der Waals surface area contributed by atoms with E-state index in [0.717, 1.165) is 11.3 Å². The summed E-state index contributed by atoms with van der Waals surface area (Å²) in [6.45, 7) is 6.53.